The number of nitrogens with zero attached hydrogens (tertiary/aromatic N) is 3. The first kappa shape index (κ1) is 14.8. The van der Waals surface area contributed by atoms with E-state index in [0.29, 0.717) is 31.2 Å². The van der Waals surface area contributed by atoms with Crippen molar-refractivity contribution in [2.75, 3.05) is 44.8 Å². The predicted octanol–water partition coefficient (Wildman–Crippen LogP) is 1.66. The van der Waals surface area contributed by atoms with E-state index in [1.807, 2.05) is 36.2 Å². The molecule has 2 rings (SSSR count). The lowest BCUT2D eigenvalue weighted by atomic mass is 10.3. The van der Waals surface area contributed by atoms with Gasteiger partial charge in [-0.1, -0.05) is 11.6 Å². The molecule has 0 atom stereocenters. The van der Waals surface area contributed by atoms with E-state index in [9.17, 15) is 4.79 Å². The van der Waals surface area contributed by atoms with Gasteiger partial charge >= 0.3 is 0 Å². The summed E-state index contributed by atoms with van der Waals surface area (Å²) in [6.45, 7) is 3.44. The van der Waals surface area contributed by atoms with E-state index in [1.54, 1.807) is 0 Å². The zero-order chi connectivity index (χ0) is 14.4. The molecule has 0 saturated carbocycles. The lowest BCUT2D eigenvalue weighted by Gasteiger charge is -2.32. The number of amidine groups is 1. The summed E-state index contributed by atoms with van der Waals surface area (Å²) in [4.78, 5) is 18.8. The first-order valence-electron chi connectivity index (χ1n) is 6.50. The summed E-state index contributed by atoms with van der Waals surface area (Å²) in [5.41, 5.74) is 1.03. The van der Waals surface area contributed by atoms with Crippen molar-refractivity contribution in [3.8, 4) is 0 Å². The quantitative estimate of drug-likeness (QED) is 0.481. The molecule has 1 amide bonds. The minimum atomic E-state index is 0.570. The molecule has 0 unspecified atom stereocenters. The molecule has 1 aromatic rings. The molecule has 0 aliphatic carbocycles. The number of carbonyl (C=O) groups is 1. The molecule has 108 valence electrons. The SMILES string of the molecule is CN(CC(=NC=O)N1CCOCC1)c1ccc(Cl)cc1. The number of carbonyl (C=O) groups excluding carboxylic acids is 1. The monoisotopic (exact) mass is 295 g/mol. The van der Waals surface area contributed by atoms with Gasteiger partial charge in [0.1, 0.15) is 5.84 Å². The van der Waals surface area contributed by atoms with Crippen molar-refractivity contribution >= 4 is 29.5 Å². The van der Waals surface area contributed by atoms with Gasteiger partial charge in [-0.15, -0.1) is 0 Å². The van der Waals surface area contributed by atoms with Gasteiger partial charge in [0.15, 0.2) is 0 Å². The number of ether oxygens (including phenoxy) is 1. The molecule has 1 heterocycles. The van der Waals surface area contributed by atoms with Gasteiger partial charge in [0.05, 0.1) is 19.8 Å². The molecule has 0 bridgehead atoms. The Hall–Kier alpha value is -1.59. The number of halogens is 1. The van der Waals surface area contributed by atoms with Gasteiger partial charge in [-0.3, -0.25) is 4.79 Å². The highest BCUT2D eigenvalue weighted by Gasteiger charge is 2.16. The number of benzene rings is 1. The Morgan fingerprint density at radius 1 is 1.40 bits per heavy atom. The fraction of sp³-hybridized carbons (Fsp3) is 0.429. The molecule has 6 heteroatoms. The first-order chi connectivity index (χ1) is 9.70. The standard InChI is InChI=1S/C14H18ClN3O2/c1-17(13-4-2-12(15)3-5-13)10-14(16-11-19)18-6-8-20-9-7-18/h2-5,11H,6-10H2,1H3. The first-order valence-corrected chi connectivity index (χ1v) is 6.88. The van der Waals surface area contributed by atoms with Crippen molar-refractivity contribution in [2.24, 2.45) is 4.99 Å². The number of rotatable bonds is 4. The van der Waals surface area contributed by atoms with E-state index < -0.39 is 0 Å². The van der Waals surface area contributed by atoms with Crippen molar-refractivity contribution in [3.63, 3.8) is 0 Å². The fourth-order valence-corrected chi connectivity index (χ4v) is 2.23. The van der Waals surface area contributed by atoms with Crippen molar-refractivity contribution in [3.05, 3.63) is 29.3 Å². The molecule has 0 radical (unpaired) electrons. The van der Waals surface area contributed by atoms with Crippen LogP contribution in [0, 0.1) is 0 Å². The third kappa shape index (κ3) is 3.95. The van der Waals surface area contributed by atoms with Crippen LogP contribution in [0.5, 0.6) is 0 Å². The Morgan fingerprint density at radius 3 is 2.65 bits per heavy atom. The van der Waals surface area contributed by atoms with E-state index in [4.69, 9.17) is 16.3 Å². The van der Waals surface area contributed by atoms with Gasteiger partial charge in [0.25, 0.3) is 0 Å². The van der Waals surface area contributed by atoms with Crippen LogP contribution in [0.4, 0.5) is 5.69 Å². The Balaban J connectivity index is 2.05. The molecular weight excluding hydrogens is 278 g/mol. The van der Waals surface area contributed by atoms with E-state index in [1.165, 1.54) is 0 Å². The predicted molar refractivity (Wildman–Crippen MR) is 80.6 cm³/mol. The summed E-state index contributed by atoms with van der Waals surface area (Å²) in [5, 5.41) is 0.706. The molecule has 5 nitrogen and oxygen atoms in total. The minimum absolute atomic E-state index is 0.570. The summed E-state index contributed by atoms with van der Waals surface area (Å²) < 4.78 is 5.32. The molecule has 1 saturated heterocycles. The lowest BCUT2D eigenvalue weighted by molar-refractivity contribution is -0.106. The van der Waals surface area contributed by atoms with E-state index in [0.717, 1.165) is 24.6 Å². The second kappa shape index (κ2) is 7.26. The van der Waals surface area contributed by atoms with Crippen LogP contribution in [-0.4, -0.2) is 57.0 Å². The zero-order valence-corrected chi connectivity index (χ0v) is 12.2. The number of morpholine rings is 1. The van der Waals surface area contributed by atoms with Gasteiger partial charge in [-0.05, 0) is 24.3 Å². The molecule has 1 fully saturated rings. The van der Waals surface area contributed by atoms with Crippen LogP contribution in [0.15, 0.2) is 29.3 Å². The van der Waals surface area contributed by atoms with Gasteiger partial charge in [0.2, 0.25) is 6.41 Å². The number of amides is 1. The topological polar surface area (TPSA) is 45.1 Å². The average molecular weight is 296 g/mol. The fourth-order valence-electron chi connectivity index (χ4n) is 2.10. The van der Waals surface area contributed by atoms with Crippen LogP contribution in [0.1, 0.15) is 0 Å². The number of hydrogen-bond acceptors (Lipinski definition) is 3. The summed E-state index contributed by atoms with van der Waals surface area (Å²) >= 11 is 5.88. The number of aliphatic imine (C=N–C) groups is 1. The second-order valence-electron chi connectivity index (χ2n) is 4.58. The maximum Gasteiger partial charge on any atom is 0.234 e. The summed E-state index contributed by atoms with van der Waals surface area (Å²) in [5.74, 6) is 0.765. The van der Waals surface area contributed by atoms with Crippen LogP contribution in [0.25, 0.3) is 0 Å². The van der Waals surface area contributed by atoms with Gasteiger partial charge < -0.3 is 14.5 Å². The summed E-state index contributed by atoms with van der Waals surface area (Å²) in [7, 11) is 1.96. The second-order valence-corrected chi connectivity index (χ2v) is 5.02. The Morgan fingerprint density at radius 2 is 2.05 bits per heavy atom. The van der Waals surface area contributed by atoms with Gasteiger partial charge in [-0.25, -0.2) is 4.99 Å². The number of anilines is 1. The smallest absolute Gasteiger partial charge is 0.234 e. The van der Waals surface area contributed by atoms with Crippen LogP contribution >= 0.6 is 11.6 Å². The molecular formula is C14H18ClN3O2. The molecule has 0 N–H and O–H groups in total. The minimum Gasteiger partial charge on any atom is -0.378 e. The Labute approximate surface area is 123 Å². The molecule has 1 aliphatic rings. The highest BCUT2D eigenvalue weighted by atomic mass is 35.5. The third-order valence-corrected chi connectivity index (χ3v) is 3.48. The van der Waals surface area contributed by atoms with E-state index in [2.05, 4.69) is 9.89 Å². The summed E-state index contributed by atoms with van der Waals surface area (Å²) in [6, 6.07) is 7.58. The van der Waals surface area contributed by atoms with Crippen LogP contribution in [0.2, 0.25) is 5.02 Å². The zero-order valence-electron chi connectivity index (χ0n) is 11.5. The Kier molecular flexibility index (Phi) is 5.38. The van der Waals surface area contributed by atoms with Crippen LogP contribution in [-0.2, 0) is 9.53 Å². The van der Waals surface area contributed by atoms with Crippen molar-refractivity contribution in [2.45, 2.75) is 0 Å². The van der Waals surface area contributed by atoms with E-state index >= 15 is 0 Å². The molecule has 1 aliphatic heterocycles. The highest BCUT2D eigenvalue weighted by molar-refractivity contribution is 6.30. The van der Waals surface area contributed by atoms with E-state index in [-0.39, 0.29) is 0 Å². The average Bonchev–Trinajstić information content (AvgIpc) is 2.48. The van der Waals surface area contributed by atoms with Gasteiger partial charge in [0, 0.05) is 30.8 Å². The summed E-state index contributed by atoms with van der Waals surface area (Å²) in [6.07, 6.45) is 0.598. The normalized spacial score (nSPS) is 16.1. The molecule has 1 aromatic carbocycles. The molecule has 0 aromatic heterocycles. The largest absolute Gasteiger partial charge is 0.378 e. The Bertz CT molecular complexity index is 470. The number of likely N-dealkylation sites (N-methyl/N-ethyl adjacent to an activating group) is 1. The maximum atomic E-state index is 10.7. The van der Waals surface area contributed by atoms with Gasteiger partial charge in [-0.2, -0.15) is 0 Å². The van der Waals surface area contributed by atoms with Crippen molar-refractivity contribution in [1.29, 1.82) is 0 Å². The number of hydrogen-bond donors (Lipinski definition) is 0. The van der Waals surface area contributed by atoms with Crippen LogP contribution < -0.4 is 4.90 Å². The third-order valence-electron chi connectivity index (χ3n) is 3.22. The van der Waals surface area contributed by atoms with Crippen LogP contribution in [0.3, 0.4) is 0 Å². The van der Waals surface area contributed by atoms with Crippen molar-refractivity contribution < 1.29 is 9.53 Å². The molecule has 0 spiro atoms. The maximum absolute atomic E-state index is 10.7. The lowest BCUT2D eigenvalue weighted by Crippen LogP contribution is -2.45. The van der Waals surface area contributed by atoms with Crippen molar-refractivity contribution in [1.82, 2.24) is 4.90 Å². The highest BCUT2D eigenvalue weighted by Crippen LogP contribution is 2.17. The molecule has 20 heavy (non-hydrogen) atoms.